The second-order valence-corrected chi connectivity index (χ2v) is 6.35. The summed E-state index contributed by atoms with van der Waals surface area (Å²) >= 11 is 0. The van der Waals surface area contributed by atoms with E-state index in [9.17, 15) is 9.18 Å². The molecule has 3 aliphatic rings. The lowest BCUT2D eigenvalue weighted by Crippen LogP contribution is -2.44. The van der Waals surface area contributed by atoms with Crippen LogP contribution in [0.1, 0.15) is 37.7 Å². The quantitative estimate of drug-likeness (QED) is 0.799. The van der Waals surface area contributed by atoms with Gasteiger partial charge in [0.05, 0.1) is 5.41 Å². The molecule has 2 saturated carbocycles. The lowest BCUT2D eigenvalue weighted by molar-refractivity contribution is -0.135. The van der Waals surface area contributed by atoms with Gasteiger partial charge in [-0.25, -0.2) is 4.39 Å². The third kappa shape index (κ3) is 1.57. The zero-order valence-corrected chi connectivity index (χ0v) is 10.9. The highest BCUT2D eigenvalue weighted by molar-refractivity contribution is 5.92. The zero-order chi connectivity index (χ0) is 13.0. The first kappa shape index (κ1) is 11.4. The summed E-state index contributed by atoms with van der Waals surface area (Å²) in [4.78, 5) is 14.9. The molecule has 1 heterocycles. The molecule has 0 radical (unpaired) electrons. The van der Waals surface area contributed by atoms with Gasteiger partial charge in [-0.05, 0) is 44.1 Å². The number of hydrogen-bond acceptors (Lipinski definition) is 1. The van der Waals surface area contributed by atoms with Crippen molar-refractivity contribution in [3.63, 3.8) is 0 Å². The third-order valence-electron chi connectivity index (χ3n) is 5.22. The molecule has 2 atom stereocenters. The van der Waals surface area contributed by atoms with Crippen LogP contribution < -0.4 is 0 Å². The van der Waals surface area contributed by atoms with Crippen molar-refractivity contribution in [1.82, 2.24) is 4.90 Å². The van der Waals surface area contributed by atoms with Gasteiger partial charge in [0, 0.05) is 18.2 Å². The highest BCUT2D eigenvalue weighted by Gasteiger charge is 2.56. The van der Waals surface area contributed by atoms with Crippen LogP contribution in [0.25, 0.3) is 0 Å². The summed E-state index contributed by atoms with van der Waals surface area (Å²) in [6.07, 6.45) is 5.19. The summed E-state index contributed by atoms with van der Waals surface area (Å²) in [6.45, 7) is 0.902. The molecule has 1 aliphatic heterocycles. The minimum atomic E-state index is -0.532. The average Bonchev–Trinajstić information content (AvgIpc) is 2.94. The van der Waals surface area contributed by atoms with Crippen LogP contribution in [0, 0.1) is 11.7 Å². The Morgan fingerprint density at radius 2 is 2.05 bits per heavy atom. The Balaban J connectivity index is 1.65. The van der Waals surface area contributed by atoms with Crippen molar-refractivity contribution in [2.24, 2.45) is 5.92 Å². The van der Waals surface area contributed by atoms with Crippen LogP contribution in [0.15, 0.2) is 24.3 Å². The van der Waals surface area contributed by atoms with E-state index in [1.54, 1.807) is 12.1 Å². The molecule has 0 aromatic heterocycles. The number of nitrogens with zero attached hydrogens (tertiary/aromatic N) is 1. The molecule has 4 rings (SSSR count). The Bertz CT molecular complexity index is 537. The van der Waals surface area contributed by atoms with E-state index in [2.05, 4.69) is 0 Å². The fourth-order valence-corrected chi connectivity index (χ4v) is 4.02. The summed E-state index contributed by atoms with van der Waals surface area (Å²) in [5.74, 6) is 0.660. The fourth-order valence-electron chi connectivity index (χ4n) is 4.02. The van der Waals surface area contributed by atoms with Crippen LogP contribution in [0.4, 0.5) is 4.39 Å². The maximum atomic E-state index is 14.0. The Morgan fingerprint density at radius 1 is 1.26 bits per heavy atom. The number of fused-ring (bicyclic) bond motifs is 2. The molecular weight excluding hydrogens is 241 g/mol. The molecule has 2 nitrogen and oxygen atoms in total. The summed E-state index contributed by atoms with van der Waals surface area (Å²) in [7, 11) is 0. The van der Waals surface area contributed by atoms with Gasteiger partial charge in [0.15, 0.2) is 0 Å². The number of carbonyl (C=O) groups is 1. The van der Waals surface area contributed by atoms with Gasteiger partial charge in [-0.15, -0.1) is 0 Å². The topological polar surface area (TPSA) is 20.3 Å². The second kappa shape index (κ2) is 3.81. The molecular formula is C16H18FNO. The van der Waals surface area contributed by atoms with Crippen LogP contribution in [0.2, 0.25) is 0 Å². The fraction of sp³-hybridized carbons (Fsp3) is 0.562. The smallest absolute Gasteiger partial charge is 0.233 e. The number of halogens is 1. The van der Waals surface area contributed by atoms with Gasteiger partial charge in [0.2, 0.25) is 5.91 Å². The minimum Gasteiger partial charge on any atom is -0.339 e. The van der Waals surface area contributed by atoms with Crippen molar-refractivity contribution in [2.75, 3.05) is 6.54 Å². The molecule has 1 saturated heterocycles. The maximum Gasteiger partial charge on any atom is 0.233 e. The Kier molecular flexibility index (Phi) is 2.30. The van der Waals surface area contributed by atoms with Crippen molar-refractivity contribution in [2.45, 2.75) is 43.6 Å². The van der Waals surface area contributed by atoms with Crippen molar-refractivity contribution in [3.05, 3.63) is 35.6 Å². The van der Waals surface area contributed by atoms with Crippen LogP contribution in [0.5, 0.6) is 0 Å². The van der Waals surface area contributed by atoms with Crippen LogP contribution in [-0.2, 0) is 10.2 Å². The van der Waals surface area contributed by atoms with Crippen LogP contribution in [0.3, 0.4) is 0 Å². The highest BCUT2D eigenvalue weighted by atomic mass is 19.1. The monoisotopic (exact) mass is 259 g/mol. The zero-order valence-electron chi connectivity index (χ0n) is 10.9. The predicted octanol–water partition coefficient (Wildman–Crippen LogP) is 2.87. The number of hydrogen-bond donors (Lipinski definition) is 0. The van der Waals surface area contributed by atoms with Crippen molar-refractivity contribution < 1.29 is 9.18 Å². The number of piperidine rings is 1. The number of likely N-dealkylation sites (tertiary alicyclic amines) is 1. The second-order valence-electron chi connectivity index (χ2n) is 6.35. The van der Waals surface area contributed by atoms with E-state index in [1.807, 2.05) is 11.0 Å². The number of carbonyl (C=O) groups excluding carboxylic acids is 1. The molecule has 19 heavy (non-hydrogen) atoms. The molecule has 3 fully saturated rings. The largest absolute Gasteiger partial charge is 0.339 e. The predicted molar refractivity (Wildman–Crippen MR) is 70.2 cm³/mol. The van der Waals surface area contributed by atoms with Gasteiger partial charge in [-0.3, -0.25) is 4.79 Å². The third-order valence-corrected chi connectivity index (χ3v) is 5.22. The first-order valence-corrected chi connectivity index (χ1v) is 7.27. The molecule has 1 amide bonds. The summed E-state index contributed by atoms with van der Waals surface area (Å²) in [5.41, 5.74) is 0.0818. The molecule has 1 aromatic carbocycles. The van der Waals surface area contributed by atoms with Gasteiger partial charge in [-0.2, -0.15) is 0 Å². The summed E-state index contributed by atoms with van der Waals surface area (Å²) in [6, 6.07) is 7.22. The van der Waals surface area contributed by atoms with E-state index in [0.29, 0.717) is 17.5 Å². The number of amides is 1. The van der Waals surface area contributed by atoms with Gasteiger partial charge < -0.3 is 4.90 Å². The van der Waals surface area contributed by atoms with E-state index >= 15 is 0 Å². The van der Waals surface area contributed by atoms with Gasteiger partial charge in [0.1, 0.15) is 5.82 Å². The van der Waals surface area contributed by atoms with Gasteiger partial charge in [0.25, 0.3) is 0 Å². The Morgan fingerprint density at radius 3 is 2.63 bits per heavy atom. The van der Waals surface area contributed by atoms with E-state index in [0.717, 1.165) is 25.8 Å². The van der Waals surface area contributed by atoms with E-state index in [1.165, 1.54) is 18.9 Å². The van der Waals surface area contributed by atoms with Crippen molar-refractivity contribution >= 4 is 5.91 Å². The lowest BCUT2D eigenvalue weighted by Gasteiger charge is -2.31. The Hall–Kier alpha value is -1.38. The first-order chi connectivity index (χ1) is 9.21. The normalized spacial score (nSPS) is 30.7. The SMILES string of the molecule is O=C(N1CC2CCC1C2)C1(c2ccccc2F)CC1. The van der Waals surface area contributed by atoms with Gasteiger partial charge in [-0.1, -0.05) is 18.2 Å². The van der Waals surface area contributed by atoms with Crippen molar-refractivity contribution in [1.29, 1.82) is 0 Å². The lowest BCUT2D eigenvalue weighted by atomic mass is 9.93. The van der Waals surface area contributed by atoms with E-state index in [4.69, 9.17) is 0 Å². The molecule has 100 valence electrons. The maximum absolute atomic E-state index is 14.0. The van der Waals surface area contributed by atoms with Gasteiger partial charge >= 0.3 is 0 Å². The molecule has 0 N–H and O–H groups in total. The molecule has 2 unspecified atom stereocenters. The molecule has 0 spiro atoms. The molecule has 2 aliphatic carbocycles. The van der Waals surface area contributed by atoms with E-state index < -0.39 is 5.41 Å². The molecule has 3 heteroatoms. The number of benzene rings is 1. The first-order valence-electron chi connectivity index (χ1n) is 7.27. The number of rotatable bonds is 2. The standard InChI is InChI=1S/C16H18FNO/c17-14-4-2-1-3-13(14)16(7-8-16)15(19)18-10-11-5-6-12(18)9-11/h1-4,11-12H,5-10H2. The summed E-state index contributed by atoms with van der Waals surface area (Å²) in [5, 5.41) is 0. The minimum absolute atomic E-state index is 0.185. The van der Waals surface area contributed by atoms with Crippen molar-refractivity contribution in [3.8, 4) is 0 Å². The highest BCUT2D eigenvalue weighted by Crippen LogP contribution is 2.52. The van der Waals surface area contributed by atoms with Crippen LogP contribution in [-0.4, -0.2) is 23.4 Å². The Labute approximate surface area is 112 Å². The summed E-state index contributed by atoms with van der Waals surface area (Å²) < 4.78 is 14.0. The average molecular weight is 259 g/mol. The van der Waals surface area contributed by atoms with E-state index in [-0.39, 0.29) is 11.7 Å². The molecule has 1 aromatic rings. The molecule has 2 bridgehead atoms. The van der Waals surface area contributed by atoms with Crippen LogP contribution >= 0.6 is 0 Å².